The quantitative estimate of drug-likeness (QED) is 0.771. The molecular weight excluding hydrogens is 268 g/mol. The van der Waals surface area contributed by atoms with E-state index in [9.17, 15) is 4.79 Å². The van der Waals surface area contributed by atoms with E-state index in [0.29, 0.717) is 12.2 Å². The lowest BCUT2D eigenvalue weighted by Gasteiger charge is -2.15. The molecule has 0 aromatic carbocycles. The fraction of sp³-hybridized carbons (Fsp3) is 0.500. The van der Waals surface area contributed by atoms with Crippen molar-refractivity contribution >= 4 is 5.91 Å². The van der Waals surface area contributed by atoms with Crippen molar-refractivity contribution in [2.75, 3.05) is 6.54 Å². The van der Waals surface area contributed by atoms with Crippen molar-refractivity contribution in [1.82, 2.24) is 30.6 Å². The molecule has 7 nitrogen and oxygen atoms in total. The van der Waals surface area contributed by atoms with Gasteiger partial charge in [0.1, 0.15) is 0 Å². The highest BCUT2D eigenvalue weighted by molar-refractivity contribution is 5.94. The maximum absolute atomic E-state index is 12.4. The minimum absolute atomic E-state index is 0.102. The first-order valence-corrected chi connectivity index (χ1v) is 7.14. The number of H-pyrrole nitrogens is 1. The van der Waals surface area contributed by atoms with Gasteiger partial charge in [-0.05, 0) is 13.8 Å². The molecule has 7 heteroatoms. The topological polar surface area (TPSA) is 87.6 Å². The molecule has 0 aliphatic carbocycles. The number of amides is 1. The lowest BCUT2D eigenvalue weighted by molar-refractivity contribution is 0.0933. The molecule has 1 aliphatic rings. The number of nitrogens with zero attached hydrogens (tertiary/aromatic N) is 3. The second kappa shape index (κ2) is 5.33. The van der Waals surface area contributed by atoms with Crippen LogP contribution in [0.1, 0.15) is 46.0 Å². The fourth-order valence-electron chi connectivity index (χ4n) is 2.70. The Labute approximate surface area is 123 Å². The minimum atomic E-state index is -0.146. The molecule has 1 unspecified atom stereocenters. The van der Waals surface area contributed by atoms with E-state index in [-0.39, 0.29) is 11.9 Å². The van der Waals surface area contributed by atoms with Crippen LogP contribution >= 0.6 is 0 Å². The minimum Gasteiger partial charge on any atom is -0.344 e. The Hall–Kier alpha value is -2.15. The van der Waals surface area contributed by atoms with Gasteiger partial charge in [-0.25, -0.2) is 0 Å². The summed E-state index contributed by atoms with van der Waals surface area (Å²) in [5.41, 5.74) is 4.60. The molecule has 0 saturated heterocycles. The number of aryl methyl sites for hydroxylation is 1. The highest BCUT2D eigenvalue weighted by Crippen LogP contribution is 2.19. The lowest BCUT2D eigenvalue weighted by Crippen LogP contribution is -2.30. The third-order valence-electron chi connectivity index (χ3n) is 4.11. The van der Waals surface area contributed by atoms with Crippen LogP contribution in [-0.2, 0) is 20.0 Å². The Morgan fingerprint density at radius 2 is 2.33 bits per heavy atom. The molecule has 0 spiro atoms. The van der Waals surface area contributed by atoms with Crippen molar-refractivity contribution < 1.29 is 4.79 Å². The third kappa shape index (κ3) is 2.44. The molecule has 0 saturated carbocycles. The highest BCUT2D eigenvalue weighted by atomic mass is 16.2. The average Bonchev–Trinajstić information content (AvgIpc) is 3.04. The van der Waals surface area contributed by atoms with E-state index in [4.69, 9.17) is 0 Å². The van der Waals surface area contributed by atoms with Crippen LogP contribution in [0, 0.1) is 6.92 Å². The van der Waals surface area contributed by atoms with Gasteiger partial charge in [0.15, 0.2) is 5.69 Å². The second-order valence-corrected chi connectivity index (χ2v) is 5.46. The van der Waals surface area contributed by atoms with Crippen molar-refractivity contribution in [3.8, 4) is 0 Å². The Kier molecular flexibility index (Phi) is 3.50. The molecule has 2 aromatic rings. The van der Waals surface area contributed by atoms with E-state index < -0.39 is 0 Å². The average molecular weight is 288 g/mol. The number of rotatable bonds is 3. The van der Waals surface area contributed by atoms with Crippen LogP contribution in [-0.4, -0.2) is 32.4 Å². The van der Waals surface area contributed by atoms with E-state index >= 15 is 0 Å². The molecule has 112 valence electrons. The molecule has 21 heavy (non-hydrogen) atoms. The number of carbonyl (C=O) groups is 1. The first kappa shape index (κ1) is 13.8. The largest absolute Gasteiger partial charge is 0.344 e. The van der Waals surface area contributed by atoms with Crippen molar-refractivity contribution in [3.05, 3.63) is 34.4 Å². The maximum atomic E-state index is 12.4. The molecule has 0 radical (unpaired) electrons. The monoisotopic (exact) mass is 288 g/mol. The lowest BCUT2D eigenvalue weighted by atomic mass is 10.1. The van der Waals surface area contributed by atoms with Gasteiger partial charge >= 0.3 is 0 Å². The van der Waals surface area contributed by atoms with Gasteiger partial charge in [0, 0.05) is 49.1 Å². The van der Waals surface area contributed by atoms with Gasteiger partial charge in [0.2, 0.25) is 0 Å². The maximum Gasteiger partial charge on any atom is 0.272 e. The molecule has 3 heterocycles. The van der Waals surface area contributed by atoms with Gasteiger partial charge in [0.05, 0.1) is 12.2 Å². The first-order chi connectivity index (χ1) is 10.1. The van der Waals surface area contributed by atoms with Crippen molar-refractivity contribution in [2.45, 2.75) is 32.9 Å². The van der Waals surface area contributed by atoms with Gasteiger partial charge in [-0.2, -0.15) is 10.2 Å². The summed E-state index contributed by atoms with van der Waals surface area (Å²) in [7, 11) is 1.89. The number of carbonyl (C=O) groups excluding carboxylic acids is 1. The fourth-order valence-corrected chi connectivity index (χ4v) is 2.70. The molecule has 0 bridgehead atoms. The summed E-state index contributed by atoms with van der Waals surface area (Å²) in [4.78, 5) is 12.4. The highest BCUT2D eigenvalue weighted by Gasteiger charge is 2.23. The zero-order chi connectivity index (χ0) is 15.0. The van der Waals surface area contributed by atoms with E-state index in [1.54, 1.807) is 10.9 Å². The molecule has 1 amide bonds. The van der Waals surface area contributed by atoms with Crippen LogP contribution in [0.15, 0.2) is 6.20 Å². The zero-order valence-electron chi connectivity index (χ0n) is 12.5. The van der Waals surface area contributed by atoms with Crippen molar-refractivity contribution in [3.63, 3.8) is 0 Å². The number of hydrogen-bond donors (Lipinski definition) is 3. The molecule has 3 N–H and O–H groups in total. The summed E-state index contributed by atoms with van der Waals surface area (Å²) < 4.78 is 1.80. The number of aromatic nitrogens is 4. The van der Waals surface area contributed by atoms with Gasteiger partial charge in [-0.1, -0.05) is 0 Å². The van der Waals surface area contributed by atoms with Gasteiger partial charge in [0.25, 0.3) is 5.91 Å². The summed E-state index contributed by atoms with van der Waals surface area (Å²) in [6.07, 6.45) is 2.68. The Morgan fingerprint density at radius 1 is 1.52 bits per heavy atom. The number of hydrogen-bond acceptors (Lipinski definition) is 4. The van der Waals surface area contributed by atoms with Crippen LogP contribution in [0.5, 0.6) is 0 Å². The third-order valence-corrected chi connectivity index (χ3v) is 4.11. The van der Waals surface area contributed by atoms with Crippen molar-refractivity contribution in [1.29, 1.82) is 0 Å². The number of nitrogens with one attached hydrogen (secondary N) is 3. The van der Waals surface area contributed by atoms with Gasteiger partial charge < -0.3 is 10.6 Å². The summed E-state index contributed by atoms with van der Waals surface area (Å²) in [6.45, 7) is 5.56. The van der Waals surface area contributed by atoms with Gasteiger partial charge in [-0.3, -0.25) is 14.6 Å². The normalized spacial score (nSPS) is 15.6. The SMILES string of the molecule is Cc1c(C(C)NC(=O)c2n[nH]c3c2CNCC3)cnn1C. The summed E-state index contributed by atoms with van der Waals surface area (Å²) in [6, 6.07) is -0.102. The first-order valence-electron chi connectivity index (χ1n) is 7.14. The smallest absolute Gasteiger partial charge is 0.272 e. The predicted octanol–water partition coefficient (Wildman–Crippen LogP) is 0.588. The van der Waals surface area contributed by atoms with Crippen LogP contribution in [0.25, 0.3) is 0 Å². The van der Waals surface area contributed by atoms with Crippen LogP contribution in [0.2, 0.25) is 0 Å². The summed E-state index contributed by atoms with van der Waals surface area (Å²) in [5.74, 6) is -0.146. The Bertz CT molecular complexity index is 671. The van der Waals surface area contributed by atoms with Crippen molar-refractivity contribution in [2.24, 2.45) is 7.05 Å². The predicted molar refractivity (Wildman–Crippen MR) is 77.8 cm³/mol. The zero-order valence-corrected chi connectivity index (χ0v) is 12.5. The van der Waals surface area contributed by atoms with Crippen LogP contribution in [0.4, 0.5) is 0 Å². The molecule has 3 rings (SSSR count). The standard InChI is InChI=1S/C14H20N6O/c1-8(10-7-16-20(3)9(10)2)17-14(21)13-11-6-15-5-4-12(11)18-19-13/h7-8,15H,4-6H2,1-3H3,(H,17,21)(H,18,19). The second-order valence-electron chi connectivity index (χ2n) is 5.46. The van der Waals surface area contributed by atoms with E-state index in [0.717, 1.165) is 35.5 Å². The number of aromatic amines is 1. The van der Waals surface area contributed by atoms with Gasteiger partial charge in [-0.15, -0.1) is 0 Å². The van der Waals surface area contributed by atoms with E-state index in [1.165, 1.54) is 0 Å². The summed E-state index contributed by atoms with van der Waals surface area (Å²) in [5, 5.41) is 17.6. The molecule has 0 fully saturated rings. The molecular formula is C14H20N6O. The summed E-state index contributed by atoms with van der Waals surface area (Å²) >= 11 is 0. The Balaban J connectivity index is 1.77. The van der Waals surface area contributed by atoms with E-state index in [2.05, 4.69) is 25.9 Å². The van der Waals surface area contributed by atoms with Crippen LogP contribution in [0.3, 0.4) is 0 Å². The number of fused-ring (bicyclic) bond motifs is 1. The molecule has 2 aromatic heterocycles. The van der Waals surface area contributed by atoms with Crippen LogP contribution < -0.4 is 10.6 Å². The molecule has 1 atom stereocenters. The Morgan fingerprint density at radius 3 is 3.05 bits per heavy atom. The van der Waals surface area contributed by atoms with E-state index in [1.807, 2.05) is 20.9 Å². The molecule has 1 aliphatic heterocycles.